The van der Waals surface area contributed by atoms with Gasteiger partial charge in [0.25, 0.3) is 0 Å². The maximum Gasteiger partial charge on any atom is 0.339 e. The summed E-state index contributed by atoms with van der Waals surface area (Å²) in [6.07, 6.45) is 10.4. The van der Waals surface area contributed by atoms with Crippen LogP contribution in [0.1, 0.15) is 107 Å². The van der Waals surface area contributed by atoms with E-state index in [0.29, 0.717) is 23.8 Å². The first kappa shape index (κ1) is 23.5. The largest absolute Gasteiger partial charge is 0.492 e. The Morgan fingerprint density at radius 3 is 2.22 bits per heavy atom. The Labute approximate surface area is 166 Å². The van der Waals surface area contributed by atoms with Gasteiger partial charge in [0.1, 0.15) is 11.3 Å². The quantitative estimate of drug-likeness (QED) is 0.362. The number of ether oxygens (including phenoxy) is 1. The van der Waals surface area contributed by atoms with Gasteiger partial charge in [-0.25, -0.2) is 4.79 Å². The lowest BCUT2D eigenvalue weighted by molar-refractivity contribution is 0.0691. The molecule has 154 valence electrons. The van der Waals surface area contributed by atoms with Gasteiger partial charge in [-0.3, -0.25) is 0 Å². The first-order chi connectivity index (χ1) is 13.0. The van der Waals surface area contributed by atoms with Gasteiger partial charge in [0, 0.05) is 0 Å². The molecular formula is C24H40O3. The summed E-state index contributed by atoms with van der Waals surface area (Å²) >= 11 is 0. The molecule has 0 unspecified atom stereocenters. The van der Waals surface area contributed by atoms with Crippen molar-refractivity contribution in [2.75, 3.05) is 6.61 Å². The number of hydrogen-bond donors (Lipinski definition) is 1. The van der Waals surface area contributed by atoms with Crippen molar-refractivity contribution in [3.8, 4) is 5.75 Å². The second kappa shape index (κ2) is 12.8. The monoisotopic (exact) mass is 376 g/mol. The Balaban J connectivity index is 3.19. The maximum absolute atomic E-state index is 12.0. The molecule has 1 aromatic rings. The minimum Gasteiger partial charge on any atom is -0.492 e. The average Bonchev–Trinajstić information content (AvgIpc) is 2.63. The predicted molar refractivity (Wildman–Crippen MR) is 114 cm³/mol. The summed E-state index contributed by atoms with van der Waals surface area (Å²) in [6.45, 7) is 11.6. The molecule has 0 fully saturated rings. The third kappa shape index (κ3) is 7.56. The van der Waals surface area contributed by atoms with Crippen LogP contribution in [-0.2, 0) is 19.3 Å². The zero-order chi connectivity index (χ0) is 20.2. The van der Waals surface area contributed by atoms with Crippen molar-refractivity contribution in [3.63, 3.8) is 0 Å². The number of rotatable bonds is 14. The van der Waals surface area contributed by atoms with Crippen molar-refractivity contribution >= 4 is 5.97 Å². The van der Waals surface area contributed by atoms with Crippen LogP contribution >= 0.6 is 0 Å². The lowest BCUT2D eigenvalue weighted by Gasteiger charge is -2.21. The lowest BCUT2D eigenvalue weighted by Crippen LogP contribution is -2.12. The SMILES string of the molecule is CCCCc1cc(C(=O)O)c(OCCCCC(C)C)c(CCCC)c1CC. The molecule has 1 rings (SSSR count). The van der Waals surface area contributed by atoms with Crippen LogP contribution in [0.15, 0.2) is 6.07 Å². The van der Waals surface area contributed by atoms with Crippen LogP contribution in [-0.4, -0.2) is 17.7 Å². The Hall–Kier alpha value is -1.51. The molecule has 0 spiro atoms. The van der Waals surface area contributed by atoms with Crippen molar-refractivity contribution in [3.05, 3.63) is 28.3 Å². The van der Waals surface area contributed by atoms with E-state index in [1.54, 1.807) is 0 Å². The van der Waals surface area contributed by atoms with Crippen LogP contribution in [0.25, 0.3) is 0 Å². The third-order valence-electron chi connectivity index (χ3n) is 5.18. The van der Waals surface area contributed by atoms with Gasteiger partial charge < -0.3 is 9.84 Å². The third-order valence-corrected chi connectivity index (χ3v) is 5.18. The van der Waals surface area contributed by atoms with E-state index in [-0.39, 0.29) is 0 Å². The number of carboxylic acids is 1. The number of carbonyl (C=O) groups is 1. The molecule has 0 aliphatic rings. The van der Waals surface area contributed by atoms with Crippen LogP contribution < -0.4 is 4.74 Å². The highest BCUT2D eigenvalue weighted by atomic mass is 16.5. The smallest absolute Gasteiger partial charge is 0.339 e. The molecule has 0 aromatic heterocycles. The maximum atomic E-state index is 12.0. The molecule has 3 nitrogen and oxygen atoms in total. The fourth-order valence-corrected chi connectivity index (χ4v) is 3.62. The number of hydrogen-bond acceptors (Lipinski definition) is 2. The van der Waals surface area contributed by atoms with Gasteiger partial charge in [0.05, 0.1) is 6.61 Å². The molecule has 0 saturated heterocycles. The van der Waals surface area contributed by atoms with Gasteiger partial charge in [0.15, 0.2) is 0 Å². The molecule has 27 heavy (non-hydrogen) atoms. The Morgan fingerprint density at radius 2 is 1.67 bits per heavy atom. The summed E-state index contributed by atoms with van der Waals surface area (Å²) in [6, 6.07) is 1.88. The van der Waals surface area contributed by atoms with Gasteiger partial charge in [-0.2, -0.15) is 0 Å². The minimum atomic E-state index is -0.870. The molecule has 0 aliphatic carbocycles. The van der Waals surface area contributed by atoms with Crippen molar-refractivity contribution in [1.82, 2.24) is 0 Å². The minimum absolute atomic E-state index is 0.355. The predicted octanol–water partition coefficient (Wildman–Crippen LogP) is 6.84. The summed E-state index contributed by atoms with van der Waals surface area (Å²) in [7, 11) is 0. The molecule has 1 N–H and O–H groups in total. The lowest BCUT2D eigenvalue weighted by atomic mass is 9.89. The van der Waals surface area contributed by atoms with Crippen LogP contribution in [0.2, 0.25) is 0 Å². The van der Waals surface area contributed by atoms with Crippen LogP contribution in [0.3, 0.4) is 0 Å². The van der Waals surface area contributed by atoms with Crippen LogP contribution in [0, 0.1) is 5.92 Å². The summed E-state index contributed by atoms with van der Waals surface area (Å²) < 4.78 is 6.13. The van der Waals surface area contributed by atoms with E-state index < -0.39 is 5.97 Å². The van der Waals surface area contributed by atoms with E-state index in [1.165, 1.54) is 17.5 Å². The first-order valence-corrected chi connectivity index (χ1v) is 11.0. The van der Waals surface area contributed by atoms with Gasteiger partial charge in [-0.15, -0.1) is 0 Å². The average molecular weight is 377 g/mol. The van der Waals surface area contributed by atoms with Crippen molar-refractivity contribution in [2.24, 2.45) is 5.92 Å². The summed E-state index contributed by atoms with van der Waals surface area (Å²) in [5.74, 6) is 0.465. The van der Waals surface area contributed by atoms with Crippen LogP contribution in [0.4, 0.5) is 0 Å². The summed E-state index contributed by atoms with van der Waals surface area (Å²) in [5.41, 5.74) is 4.02. The highest BCUT2D eigenvalue weighted by Crippen LogP contribution is 2.33. The Kier molecular flexibility index (Phi) is 11.2. The second-order valence-electron chi connectivity index (χ2n) is 7.97. The Morgan fingerprint density at radius 1 is 1.00 bits per heavy atom. The summed E-state index contributed by atoms with van der Waals surface area (Å²) in [4.78, 5) is 12.0. The van der Waals surface area contributed by atoms with Crippen molar-refractivity contribution < 1.29 is 14.6 Å². The molecule has 1 aromatic carbocycles. The number of aromatic carboxylic acids is 1. The number of benzene rings is 1. The highest BCUT2D eigenvalue weighted by molar-refractivity contribution is 5.92. The van der Waals surface area contributed by atoms with E-state index in [2.05, 4.69) is 34.6 Å². The number of carboxylic acid groups (broad SMARTS) is 1. The fraction of sp³-hybridized carbons (Fsp3) is 0.708. The van der Waals surface area contributed by atoms with Gasteiger partial charge in [0.2, 0.25) is 0 Å². The topological polar surface area (TPSA) is 46.5 Å². The molecule has 0 atom stereocenters. The van der Waals surface area contributed by atoms with E-state index in [4.69, 9.17) is 4.74 Å². The number of aryl methyl sites for hydroxylation is 1. The van der Waals surface area contributed by atoms with Crippen molar-refractivity contribution in [1.29, 1.82) is 0 Å². The van der Waals surface area contributed by atoms with E-state index in [0.717, 1.165) is 63.4 Å². The normalized spacial score (nSPS) is 11.2. The van der Waals surface area contributed by atoms with E-state index in [1.807, 2.05) is 6.07 Å². The number of unbranched alkanes of at least 4 members (excludes halogenated alkanes) is 3. The van der Waals surface area contributed by atoms with Gasteiger partial charge >= 0.3 is 5.97 Å². The van der Waals surface area contributed by atoms with Crippen LogP contribution in [0.5, 0.6) is 5.75 Å². The molecule has 0 amide bonds. The molecule has 0 heterocycles. The Bertz CT molecular complexity index is 575. The van der Waals surface area contributed by atoms with Gasteiger partial charge in [-0.1, -0.05) is 53.9 Å². The molecule has 0 saturated carbocycles. The molecule has 0 aliphatic heterocycles. The molecular weight excluding hydrogens is 336 g/mol. The van der Waals surface area contributed by atoms with E-state index >= 15 is 0 Å². The molecule has 3 heteroatoms. The second-order valence-corrected chi connectivity index (χ2v) is 7.97. The summed E-state index contributed by atoms with van der Waals surface area (Å²) in [5, 5.41) is 9.82. The highest BCUT2D eigenvalue weighted by Gasteiger charge is 2.21. The molecule has 0 bridgehead atoms. The first-order valence-electron chi connectivity index (χ1n) is 11.0. The van der Waals surface area contributed by atoms with Gasteiger partial charge in [-0.05, 0) is 73.6 Å². The fourth-order valence-electron chi connectivity index (χ4n) is 3.62. The molecule has 0 radical (unpaired) electrons. The zero-order valence-corrected chi connectivity index (χ0v) is 18.2. The standard InChI is InChI=1S/C24H40O3/c1-6-9-14-19-17-22(24(25)26)23(27-16-12-11-13-18(4)5)21(15-10-7-2)20(19)8-3/h17-18H,6-16H2,1-5H3,(H,25,26). The zero-order valence-electron chi connectivity index (χ0n) is 18.2. The van der Waals surface area contributed by atoms with E-state index in [9.17, 15) is 9.90 Å². The van der Waals surface area contributed by atoms with Crippen molar-refractivity contribution in [2.45, 2.75) is 98.8 Å².